The Bertz CT molecular complexity index is 623. The number of halogens is 2. The molecular formula is C15H16Cl2N2O3. The van der Waals surface area contributed by atoms with Crippen LogP contribution in [0.2, 0.25) is 10.3 Å². The lowest BCUT2D eigenvalue weighted by Gasteiger charge is -2.29. The third kappa shape index (κ3) is 2.68. The SMILES string of the molecule is COC(=O)C1C2CCC(C2)C1NC(=O)c1ccc(Cl)nc1Cl. The van der Waals surface area contributed by atoms with E-state index in [1.165, 1.54) is 19.2 Å². The summed E-state index contributed by atoms with van der Waals surface area (Å²) in [5.74, 6) is -0.246. The maximum absolute atomic E-state index is 12.4. The highest BCUT2D eigenvalue weighted by molar-refractivity contribution is 6.34. The second kappa shape index (κ2) is 6.05. The normalized spacial score (nSPS) is 29.4. The minimum absolute atomic E-state index is 0.0581. The smallest absolute Gasteiger partial charge is 0.311 e. The monoisotopic (exact) mass is 342 g/mol. The zero-order chi connectivity index (χ0) is 15.9. The Labute approximate surface area is 138 Å². The van der Waals surface area contributed by atoms with Crippen molar-refractivity contribution >= 4 is 35.1 Å². The number of ether oxygens (including phenoxy) is 1. The van der Waals surface area contributed by atoms with Crippen LogP contribution in [0.3, 0.4) is 0 Å². The molecule has 2 saturated carbocycles. The first kappa shape index (κ1) is 15.6. The molecule has 4 unspecified atom stereocenters. The second-order valence-corrected chi connectivity index (χ2v) is 6.60. The summed E-state index contributed by atoms with van der Waals surface area (Å²) in [7, 11) is 1.38. The number of aromatic nitrogens is 1. The molecule has 7 heteroatoms. The number of rotatable bonds is 3. The molecule has 22 heavy (non-hydrogen) atoms. The molecule has 2 bridgehead atoms. The molecule has 1 N–H and O–H groups in total. The van der Waals surface area contributed by atoms with Crippen LogP contribution in [0.25, 0.3) is 0 Å². The summed E-state index contributed by atoms with van der Waals surface area (Å²) in [5.41, 5.74) is 0.262. The van der Waals surface area contributed by atoms with E-state index in [1.54, 1.807) is 0 Å². The average molecular weight is 343 g/mol. The molecule has 2 aliphatic carbocycles. The number of hydrogen-bond donors (Lipinski definition) is 1. The van der Waals surface area contributed by atoms with Gasteiger partial charge in [-0.3, -0.25) is 9.59 Å². The first-order valence-electron chi connectivity index (χ1n) is 7.22. The van der Waals surface area contributed by atoms with Gasteiger partial charge in [-0.2, -0.15) is 0 Å². The van der Waals surface area contributed by atoms with Crippen LogP contribution in [0.15, 0.2) is 12.1 Å². The van der Waals surface area contributed by atoms with E-state index in [4.69, 9.17) is 27.9 Å². The molecule has 4 atom stereocenters. The standard InChI is InChI=1S/C15H16Cl2N2O3/c1-22-15(21)11-7-2-3-8(6-7)12(11)19-14(20)9-4-5-10(16)18-13(9)17/h4-5,7-8,11-12H,2-3,6H2,1H3,(H,19,20). The molecule has 0 aliphatic heterocycles. The topological polar surface area (TPSA) is 68.3 Å². The fourth-order valence-electron chi connectivity index (χ4n) is 3.78. The third-order valence-corrected chi connectivity index (χ3v) is 5.25. The fourth-order valence-corrected chi connectivity index (χ4v) is 4.22. The van der Waals surface area contributed by atoms with Gasteiger partial charge in [0.25, 0.3) is 5.91 Å². The van der Waals surface area contributed by atoms with E-state index in [9.17, 15) is 9.59 Å². The van der Waals surface area contributed by atoms with Crippen LogP contribution >= 0.6 is 23.2 Å². The number of carbonyl (C=O) groups is 2. The number of fused-ring (bicyclic) bond motifs is 2. The van der Waals surface area contributed by atoms with Crippen molar-refractivity contribution in [2.75, 3.05) is 7.11 Å². The van der Waals surface area contributed by atoms with Crippen LogP contribution in [0, 0.1) is 17.8 Å². The Morgan fingerprint density at radius 2 is 2.00 bits per heavy atom. The summed E-state index contributed by atoms with van der Waals surface area (Å²) >= 11 is 11.7. The van der Waals surface area contributed by atoms with Gasteiger partial charge in [-0.05, 0) is 43.2 Å². The van der Waals surface area contributed by atoms with Crippen LogP contribution < -0.4 is 5.32 Å². The van der Waals surface area contributed by atoms with Gasteiger partial charge in [-0.1, -0.05) is 23.2 Å². The number of carbonyl (C=O) groups excluding carboxylic acids is 2. The highest BCUT2D eigenvalue weighted by atomic mass is 35.5. The molecule has 2 aliphatic rings. The lowest BCUT2D eigenvalue weighted by Crippen LogP contribution is -2.47. The summed E-state index contributed by atoms with van der Waals surface area (Å²) in [4.78, 5) is 28.3. The Hall–Kier alpha value is -1.33. The first-order valence-corrected chi connectivity index (χ1v) is 7.97. The van der Waals surface area contributed by atoms with Gasteiger partial charge >= 0.3 is 5.97 Å². The van der Waals surface area contributed by atoms with Crippen LogP contribution in [-0.2, 0) is 9.53 Å². The Balaban J connectivity index is 1.79. The predicted octanol–water partition coefficient (Wildman–Crippen LogP) is 2.71. The summed E-state index contributed by atoms with van der Waals surface area (Å²) in [6, 6.07) is 2.85. The molecule has 0 radical (unpaired) electrons. The van der Waals surface area contributed by atoms with Crippen molar-refractivity contribution in [1.82, 2.24) is 10.3 Å². The number of nitrogens with zero attached hydrogens (tertiary/aromatic N) is 1. The summed E-state index contributed by atoms with van der Waals surface area (Å²) in [6.45, 7) is 0. The minimum Gasteiger partial charge on any atom is -0.469 e. The van der Waals surface area contributed by atoms with Gasteiger partial charge in [0.2, 0.25) is 0 Å². The summed E-state index contributed by atoms with van der Waals surface area (Å²) < 4.78 is 4.90. The molecule has 0 aromatic carbocycles. The largest absolute Gasteiger partial charge is 0.469 e. The number of esters is 1. The van der Waals surface area contributed by atoms with Crippen molar-refractivity contribution in [3.8, 4) is 0 Å². The van der Waals surface area contributed by atoms with E-state index in [1.807, 2.05) is 0 Å². The Morgan fingerprint density at radius 1 is 1.27 bits per heavy atom. The summed E-state index contributed by atoms with van der Waals surface area (Å²) in [6.07, 6.45) is 2.99. The molecule has 1 heterocycles. The second-order valence-electron chi connectivity index (χ2n) is 5.85. The van der Waals surface area contributed by atoms with Crippen LogP contribution in [-0.4, -0.2) is 30.0 Å². The van der Waals surface area contributed by atoms with Crippen molar-refractivity contribution in [2.24, 2.45) is 17.8 Å². The van der Waals surface area contributed by atoms with E-state index in [2.05, 4.69) is 10.3 Å². The number of nitrogens with one attached hydrogen (secondary N) is 1. The zero-order valence-corrected chi connectivity index (χ0v) is 13.5. The number of methoxy groups -OCH3 is 1. The van der Waals surface area contributed by atoms with Crippen molar-refractivity contribution in [2.45, 2.75) is 25.3 Å². The molecule has 2 fully saturated rings. The molecule has 118 valence electrons. The minimum atomic E-state index is -0.333. The summed E-state index contributed by atoms with van der Waals surface area (Å²) in [5, 5.41) is 3.23. The van der Waals surface area contributed by atoms with Gasteiger partial charge in [-0.25, -0.2) is 4.98 Å². The van der Waals surface area contributed by atoms with Gasteiger partial charge < -0.3 is 10.1 Å². The van der Waals surface area contributed by atoms with Gasteiger partial charge in [0, 0.05) is 6.04 Å². The lowest BCUT2D eigenvalue weighted by molar-refractivity contribution is -0.148. The maximum Gasteiger partial charge on any atom is 0.311 e. The van der Waals surface area contributed by atoms with Crippen molar-refractivity contribution in [3.05, 3.63) is 28.0 Å². The van der Waals surface area contributed by atoms with Crippen molar-refractivity contribution < 1.29 is 14.3 Å². The van der Waals surface area contributed by atoms with Gasteiger partial charge in [0.05, 0.1) is 18.6 Å². The quantitative estimate of drug-likeness (QED) is 0.677. The first-order chi connectivity index (χ1) is 10.5. The number of amides is 1. The third-order valence-electron chi connectivity index (χ3n) is 4.75. The molecule has 1 amide bonds. The number of hydrogen-bond acceptors (Lipinski definition) is 4. The lowest BCUT2D eigenvalue weighted by atomic mass is 9.84. The Morgan fingerprint density at radius 3 is 2.68 bits per heavy atom. The molecule has 3 rings (SSSR count). The van der Waals surface area contributed by atoms with Crippen molar-refractivity contribution in [3.63, 3.8) is 0 Å². The van der Waals surface area contributed by atoms with Gasteiger partial charge in [0.15, 0.2) is 0 Å². The molecule has 5 nitrogen and oxygen atoms in total. The molecule has 1 aromatic heterocycles. The van der Waals surface area contributed by atoms with Crippen molar-refractivity contribution in [1.29, 1.82) is 0 Å². The van der Waals surface area contributed by atoms with Crippen LogP contribution in [0.4, 0.5) is 0 Å². The molecular weight excluding hydrogens is 327 g/mol. The number of pyridine rings is 1. The maximum atomic E-state index is 12.4. The highest BCUT2D eigenvalue weighted by Crippen LogP contribution is 2.49. The zero-order valence-electron chi connectivity index (χ0n) is 12.0. The van der Waals surface area contributed by atoms with E-state index >= 15 is 0 Å². The highest BCUT2D eigenvalue weighted by Gasteiger charge is 2.52. The van der Waals surface area contributed by atoms with E-state index in [0.29, 0.717) is 11.8 Å². The molecule has 0 saturated heterocycles. The van der Waals surface area contributed by atoms with E-state index < -0.39 is 0 Å². The van der Waals surface area contributed by atoms with Gasteiger partial charge in [0.1, 0.15) is 10.3 Å². The van der Waals surface area contributed by atoms with E-state index in [-0.39, 0.29) is 39.7 Å². The average Bonchev–Trinajstić information content (AvgIpc) is 3.07. The van der Waals surface area contributed by atoms with E-state index in [0.717, 1.165) is 19.3 Å². The van der Waals surface area contributed by atoms with Crippen LogP contribution in [0.1, 0.15) is 29.6 Å². The Kier molecular flexibility index (Phi) is 4.28. The molecule has 0 spiro atoms. The molecule has 1 aromatic rings. The predicted molar refractivity (Wildman–Crippen MR) is 81.8 cm³/mol. The van der Waals surface area contributed by atoms with Crippen LogP contribution in [0.5, 0.6) is 0 Å². The fraction of sp³-hybridized carbons (Fsp3) is 0.533. The van der Waals surface area contributed by atoms with Gasteiger partial charge in [-0.15, -0.1) is 0 Å².